The van der Waals surface area contributed by atoms with Crippen molar-refractivity contribution in [1.82, 2.24) is 15.4 Å². The minimum absolute atomic E-state index is 0.174. The number of pyridine rings is 1. The highest BCUT2D eigenvalue weighted by Crippen LogP contribution is 2.11. The number of amides is 1. The Morgan fingerprint density at radius 3 is 2.79 bits per heavy atom. The van der Waals surface area contributed by atoms with E-state index >= 15 is 0 Å². The molecule has 1 aromatic heterocycles. The van der Waals surface area contributed by atoms with E-state index in [0.29, 0.717) is 5.56 Å². The predicted molar refractivity (Wildman–Crippen MR) is 54.9 cm³/mol. The number of carbonyl (C=O) groups excluding carboxylic acids is 1. The molecule has 0 bridgehead atoms. The minimum Gasteiger partial charge on any atom is -0.387 e. The van der Waals surface area contributed by atoms with Crippen LogP contribution in [0.25, 0.3) is 0 Å². The van der Waals surface area contributed by atoms with Crippen molar-refractivity contribution < 1.29 is 4.79 Å². The van der Waals surface area contributed by atoms with Crippen LogP contribution in [0.15, 0.2) is 18.5 Å². The molecule has 1 rings (SSSR count). The number of hydrazine groups is 1. The first-order valence-corrected chi connectivity index (χ1v) is 4.25. The highest BCUT2D eigenvalue weighted by atomic mass is 16.2. The van der Waals surface area contributed by atoms with Gasteiger partial charge < -0.3 is 5.32 Å². The van der Waals surface area contributed by atoms with Crippen molar-refractivity contribution in [2.45, 2.75) is 0 Å². The van der Waals surface area contributed by atoms with Crippen molar-refractivity contribution in [2.24, 2.45) is 0 Å². The molecular weight excluding hydrogens is 180 g/mol. The molecule has 0 aromatic carbocycles. The van der Waals surface area contributed by atoms with Crippen LogP contribution in [-0.2, 0) is 0 Å². The quantitative estimate of drug-likeness (QED) is 0.681. The smallest absolute Gasteiger partial charge is 0.269 e. The Balaban J connectivity index is 2.88. The highest BCUT2D eigenvalue weighted by Gasteiger charge is 2.10. The number of carbonyl (C=O) groups is 1. The van der Waals surface area contributed by atoms with Gasteiger partial charge in [0.1, 0.15) is 0 Å². The summed E-state index contributed by atoms with van der Waals surface area (Å²) in [4.78, 5) is 15.5. The summed E-state index contributed by atoms with van der Waals surface area (Å²) < 4.78 is 0. The van der Waals surface area contributed by atoms with E-state index in [1.54, 1.807) is 38.4 Å². The Hall–Kier alpha value is -1.62. The molecule has 14 heavy (non-hydrogen) atoms. The van der Waals surface area contributed by atoms with E-state index in [9.17, 15) is 4.79 Å². The first-order chi connectivity index (χ1) is 6.65. The second kappa shape index (κ2) is 4.57. The zero-order valence-electron chi connectivity index (χ0n) is 8.53. The molecule has 0 atom stereocenters. The van der Waals surface area contributed by atoms with Crippen LogP contribution >= 0.6 is 0 Å². The van der Waals surface area contributed by atoms with Crippen LogP contribution < -0.4 is 10.7 Å². The first kappa shape index (κ1) is 10.5. The van der Waals surface area contributed by atoms with Crippen LogP contribution in [-0.4, -0.2) is 37.0 Å². The fourth-order valence-electron chi connectivity index (χ4n) is 1.06. The summed E-state index contributed by atoms with van der Waals surface area (Å²) in [7, 11) is 5.28. The molecule has 0 saturated heterocycles. The third kappa shape index (κ3) is 2.43. The Kier molecular flexibility index (Phi) is 3.41. The summed E-state index contributed by atoms with van der Waals surface area (Å²) >= 11 is 0. The fraction of sp³-hybridized carbons (Fsp3) is 0.333. The van der Waals surface area contributed by atoms with Gasteiger partial charge in [-0.15, -0.1) is 0 Å². The van der Waals surface area contributed by atoms with Gasteiger partial charge in [-0.25, -0.2) is 5.01 Å². The summed E-state index contributed by atoms with van der Waals surface area (Å²) in [6.07, 6.45) is 3.17. The molecule has 1 aromatic rings. The summed E-state index contributed by atoms with van der Waals surface area (Å²) in [5.41, 5.74) is 3.94. The number of nitrogens with one attached hydrogen (secondary N) is 2. The largest absolute Gasteiger partial charge is 0.387 e. The van der Waals surface area contributed by atoms with E-state index in [4.69, 9.17) is 0 Å². The van der Waals surface area contributed by atoms with Gasteiger partial charge in [0.15, 0.2) is 0 Å². The molecule has 1 amide bonds. The zero-order valence-corrected chi connectivity index (χ0v) is 8.53. The van der Waals surface area contributed by atoms with E-state index in [0.717, 1.165) is 5.69 Å². The van der Waals surface area contributed by atoms with Crippen LogP contribution in [0.1, 0.15) is 10.4 Å². The average Bonchev–Trinajstić information content (AvgIpc) is 2.16. The Labute approximate surface area is 83.1 Å². The minimum atomic E-state index is -0.174. The highest BCUT2D eigenvalue weighted by molar-refractivity contribution is 5.98. The van der Waals surface area contributed by atoms with E-state index in [1.807, 2.05) is 0 Å². The summed E-state index contributed by atoms with van der Waals surface area (Å²) in [6.45, 7) is 0. The predicted octanol–water partition coefficient (Wildman–Crippen LogP) is 0.330. The first-order valence-electron chi connectivity index (χ1n) is 4.25. The van der Waals surface area contributed by atoms with E-state index in [1.165, 1.54) is 6.20 Å². The lowest BCUT2D eigenvalue weighted by atomic mass is 10.2. The molecule has 0 fully saturated rings. The molecule has 5 heteroatoms. The maximum Gasteiger partial charge on any atom is 0.269 e. The van der Waals surface area contributed by atoms with Crippen LogP contribution in [0.4, 0.5) is 5.69 Å². The maximum atomic E-state index is 11.6. The third-order valence-electron chi connectivity index (χ3n) is 1.66. The summed E-state index contributed by atoms with van der Waals surface area (Å²) in [6, 6.07) is 1.75. The topological polar surface area (TPSA) is 57.3 Å². The molecular formula is C9H14N4O. The SMILES string of the molecule is CNc1ccncc1C(=O)NN(C)C. The molecule has 0 aliphatic rings. The second-order valence-electron chi connectivity index (χ2n) is 3.01. The van der Waals surface area contributed by atoms with E-state index in [2.05, 4.69) is 15.7 Å². The van der Waals surface area contributed by atoms with Gasteiger partial charge in [-0.3, -0.25) is 15.2 Å². The van der Waals surface area contributed by atoms with Crippen molar-refractivity contribution in [3.63, 3.8) is 0 Å². The summed E-state index contributed by atoms with van der Waals surface area (Å²) in [5, 5.41) is 4.52. The maximum absolute atomic E-state index is 11.6. The lowest BCUT2D eigenvalue weighted by molar-refractivity contribution is 0.0857. The number of rotatable bonds is 3. The monoisotopic (exact) mass is 194 g/mol. The lowest BCUT2D eigenvalue weighted by Crippen LogP contribution is -2.36. The van der Waals surface area contributed by atoms with Gasteiger partial charge in [-0.05, 0) is 6.07 Å². The van der Waals surface area contributed by atoms with Crippen molar-refractivity contribution in [1.29, 1.82) is 0 Å². The number of hydrogen-bond acceptors (Lipinski definition) is 4. The third-order valence-corrected chi connectivity index (χ3v) is 1.66. The standard InChI is InChI=1S/C9H14N4O/c1-10-8-4-5-11-6-7(8)9(14)12-13(2)3/h4-6H,1-3H3,(H,10,11)(H,12,14). The molecule has 76 valence electrons. The molecule has 2 N–H and O–H groups in total. The molecule has 0 aliphatic carbocycles. The Morgan fingerprint density at radius 2 is 2.21 bits per heavy atom. The van der Waals surface area contributed by atoms with Crippen molar-refractivity contribution in [3.8, 4) is 0 Å². The lowest BCUT2D eigenvalue weighted by Gasteiger charge is -2.13. The van der Waals surface area contributed by atoms with Crippen molar-refractivity contribution in [3.05, 3.63) is 24.0 Å². The Bertz CT molecular complexity index is 324. The van der Waals surface area contributed by atoms with Gasteiger partial charge in [0, 0.05) is 39.2 Å². The van der Waals surface area contributed by atoms with E-state index < -0.39 is 0 Å². The molecule has 0 unspecified atom stereocenters. The van der Waals surface area contributed by atoms with Gasteiger partial charge >= 0.3 is 0 Å². The summed E-state index contributed by atoms with van der Waals surface area (Å²) in [5.74, 6) is -0.174. The van der Waals surface area contributed by atoms with Crippen LogP contribution in [0.5, 0.6) is 0 Å². The second-order valence-corrected chi connectivity index (χ2v) is 3.01. The molecule has 0 aliphatic heterocycles. The van der Waals surface area contributed by atoms with Crippen LogP contribution in [0.2, 0.25) is 0 Å². The van der Waals surface area contributed by atoms with Crippen molar-refractivity contribution in [2.75, 3.05) is 26.5 Å². The molecule has 0 radical (unpaired) electrons. The van der Waals surface area contributed by atoms with Gasteiger partial charge in [0.05, 0.1) is 5.56 Å². The van der Waals surface area contributed by atoms with Gasteiger partial charge in [-0.2, -0.15) is 0 Å². The number of anilines is 1. The molecule has 0 spiro atoms. The van der Waals surface area contributed by atoms with Gasteiger partial charge in [0.25, 0.3) is 5.91 Å². The van der Waals surface area contributed by atoms with Crippen LogP contribution in [0.3, 0.4) is 0 Å². The van der Waals surface area contributed by atoms with Gasteiger partial charge in [-0.1, -0.05) is 0 Å². The normalized spacial score (nSPS) is 10.0. The molecule has 0 saturated carbocycles. The number of nitrogens with zero attached hydrogens (tertiary/aromatic N) is 2. The number of hydrogen-bond donors (Lipinski definition) is 2. The van der Waals surface area contributed by atoms with Crippen LogP contribution in [0, 0.1) is 0 Å². The van der Waals surface area contributed by atoms with E-state index in [-0.39, 0.29) is 5.91 Å². The zero-order chi connectivity index (χ0) is 10.6. The Morgan fingerprint density at radius 1 is 1.50 bits per heavy atom. The van der Waals surface area contributed by atoms with Crippen molar-refractivity contribution >= 4 is 11.6 Å². The van der Waals surface area contributed by atoms with Gasteiger partial charge in [0.2, 0.25) is 0 Å². The molecule has 5 nitrogen and oxygen atoms in total. The number of aromatic nitrogens is 1. The fourth-order valence-corrected chi connectivity index (χ4v) is 1.06. The average molecular weight is 194 g/mol. The molecule has 1 heterocycles.